The fourth-order valence-electron chi connectivity index (χ4n) is 3.38. The van der Waals surface area contributed by atoms with Crippen molar-refractivity contribution < 1.29 is 4.79 Å². The molecule has 3 rings (SSSR count). The van der Waals surface area contributed by atoms with Crippen LogP contribution in [0, 0.1) is 12.8 Å². The Morgan fingerprint density at radius 1 is 1.28 bits per heavy atom. The van der Waals surface area contributed by atoms with Crippen LogP contribution in [0.4, 0.5) is 0 Å². The Labute approximate surface area is 194 Å². The summed E-state index contributed by atoms with van der Waals surface area (Å²) in [5, 5.41) is 7.82. The van der Waals surface area contributed by atoms with Crippen molar-refractivity contribution in [3.63, 3.8) is 0 Å². The van der Waals surface area contributed by atoms with Crippen LogP contribution in [0.1, 0.15) is 21.9 Å². The van der Waals surface area contributed by atoms with Crippen LogP contribution in [0.15, 0.2) is 41.5 Å². The van der Waals surface area contributed by atoms with Crippen molar-refractivity contribution in [3.8, 4) is 0 Å². The second kappa shape index (κ2) is 12.1. The van der Waals surface area contributed by atoms with Crippen molar-refractivity contribution in [1.29, 1.82) is 0 Å². The topological polar surface area (TPSA) is 69.6 Å². The van der Waals surface area contributed by atoms with Crippen LogP contribution < -0.4 is 10.6 Å². The highest BCUT2D eigenvalue weighted by molar-refractivity contribution is 14.0. The van der Waals surface area contributed by atoms with Gasteiger partial charge in [-0.1, -0.05) is 30.3 Å². The highest BCUT2D eigenvalue weighted by atomic mass is 127. The van der Waals surface area contributed by atoms with Gasteiger partial charge in [-0.25, -0.2) is 4.98 Å². The fourth-order valence-corrected chi connectivity index (χ4v) is 4.17. The van der Waals surface area contributed by atoms with Crippen molar-refractivity contribution >= 4 is 47.2 Å². The monoisotopic (exact) mass is 527 g/mol. The maximum absolute atomic E-state index is 12.3. The second-order valence-electron chi connectivity index (χ2n) is 7.14. The quantitative estimate of drug-likeness (QED) is 0.315. The Balaban J connectivity index is 0.00000300. The SMILES string of the molecule is CN=C(NCCc1ncc(C)s1)NCC1CC(=O)N(CCc2ccccc2)C1.I. The van der Waals surface area contributed by atoms with Crippen LogP contribution in [0.3, 0.4) is 0 Å². The first-order valence-electron chi connectivity index (χ1n) is 9.81. The third-order valence-electron chi connectivity index (χ3n) is 4.89. The van der Waals surface area contributed by atoms with E-state index in [2.05, 4.69) is 39.7 Å². The summed E-state index contributed by atoms with van der Waals surface area (Å²) in [5.41, 5.74) is 1.27. The van der Waals surface area contributed by atoms with E-state index in [-0.39, 0.29) is 29.9 Å². The number of hydrogen-bond donors (Lipinski definition) is 2. The van der Waals surface area contributed by atoms with Gasteiger partial charge < -0.3 is 15.5 Å². The van der Waals surface area contributed by atoms with Gasteiger partial charge in [-0.15, -0.1) is 35.3 Å². The first-order chi connectivity index (χ1) is 13.6. The molecule has 0 aliphatic carbocycles. The molecule has 0 bridgehead atoms. The summed E-state index contributed by atoms with van der Waals surface area (Å²) in [6.07, 6.45) is 4.31. The molecule has 1 fully saturated rings. The summed E-state index contributed by atoms with van der Waals surface area (Å²) >= 11 is 1.73. The van der Waals surface area contributed by atoms with Crippen LogP contribution in [-0.4, -0.2) is 55.0 Å². The van der Waals surface area contributed by atoms with Crippen molar-refractivity contribution in [2.24, 2.45) is 10.9 Å². The molecule has 1 saturated heterocycles. The summed E-state index contributed by atoms with van der Waals surface area (Å²) in [4.78, 5) is 24.2. The highest BCUT2D eigenvalue weighted by Gasteiger charge is 2.29. The average molecular weight is 527 g/mol. The van der Waals surface area contributed by atoms with Crippen molar-refractivity contribution in [2.45, 2.75) is 26.2 Å². The number of halogens is 1. The van der Waals surface area contributed by atoms with Gasteiger partial charge in [0.15, 0.2) is 5.96 Å². The summed E-state index contributed by atoms with van der Waals surface area (Å²) in [6.45, 7) is 5.22. The van der Waals surface area contributed by atoms with E-state index in [4.69, 9.17) is 0 Å². The summed E-state index contributed by atoms with van der Waals surface area (Å²) in [5.74, 6) is 1.36. The van der Waals surface area contributed by atoms with Gasteiger partial charge >= 0.3 is 0 Å². The fraction of sp³-hybridized carbons (Fsp3) is 0.476. The number of carbonyl (C=O) groups is 1. The molecule has 0 spiro atoms. The second-order valence-corrected chi connectivity index (χ2v) is 8.46. The lowest BCUT2D eigenvalue weighted by atomic mass is 10.1. The third kappa shape index (κ3) is 7.58. The van der Waals surface area contributed by atoms with Gasteiger partial charge in [0.1, 0.15) is 0 Å². The van der Waals surface area contributed by atoms with Gasteiger partial charge in [-0.3, -0.25) is 9.79 Å². The van der Waals surface area contributed by atoms with Gasteiger partial charge in [0.25, 0.3) is 0 Å². The molecule has 1 aliphatic heterocycles. The first kappa shape index (κ1) is 23.6. The molecule has 1 atom stereocenters. The number of aromatic nitrogens is 1. The Bertz CT molecular complexity index is 795. The molecule has 8 heteroatoms. The molecule has 0 saturated carbocycles. The van der Waals surface area contributed by atoms with Gasteiger partial charge in [-0.2, -0.15) is 0 Å². The zero-order chi connectivity index (χ0) is 19.8. The Kier molecular flexibility index (Phi) is 9.86. The predicted octanol–water partition coefficient (Wildman–Crippen LogP) is 2.87. The number of benzene rings is 1. The van der Waals surface area contributed by atoms with Gasteiger partial charge in [-0.05, 0) is 18.9 Å². The van der Waals surface area contributed by atoms with Gasteiger partial charge in [0.2, 0.25) is 5.91 Å². The summed E-state index contributed by atoms with van der Waals surface area (Å²) < 4.78 is 0. The minimum Gasteiger partial charge on any atom is -0.356 e. The maximum Gasteiger partial charge on any atom is 0.223 e. The molecule has 1 amide bonds. The standard InChI is InChI=1S/C21H29N5OS.HI/c1-16-13-24-19(28-16)8-10-23-21(22-2)25-14-18-12-20(27)26(15-18)11-9-17-6-4-3-5-7-17;/h3-7,13,18H,8-12,14-15H2,1-2H3,(H2,22,23,25);1H. The lowest BCUT2D eigenvalue weighted by molar-refractivity contribution is -0.127. The molecule has 1 aromatic heterocycles. The predicted molar refractivity (Wildman–Crippen MR) is 130 cm³/mol. The maximum atomic E-state index is 12.3. The minimum atomic E-state index is 0. The zero-order valence-electron chi connectivity index (χ0n) is 17.1. The van der Waals surface area contributed by atoms with E-state index in [9.17, 15) is 4.79 Å². The molecule has 1 unspecified atom stereocenters. The first-order valence-corrected chi connectivity index (χ1v) is 10.6. The largest absolute Gasteiger partial charge is 0.356 e. The summed E-state index contributed by atoms with van der Waals surface area (Å²) in [7, 11) is 1.77. The lowest BCUT2D eigenvalue weighted by Crippen LogP contribution is -2.41. The Morgan fingerprint density at radius 2 is 2.07 bits per heavy atom. The number of likely N-dealkylation sites (tertiary alicyclic amines) is 1. The van der Waals surface area contributed by atoms with E-state index in [1.807, 2.05) is 29.3 Å². The van der Waals surface area contributed by atoms with Crippen LogP contribution in [-0.2, 0) is 17.6 Å². The normalized spacial score (nSPS) is 16.6. The van der Waals surface area contributed by atoms with Crippen LogP contribution >= 0.6 is 35.3 Å². The number of thiazole rings is 1. The van der Waals surface area contributed by atoms with E-state index >= 15 is 0 Å². The molecule has 1 aromatic carbocycles. The number of guanidine groups is 1. The van der Waals surface area contributed by atoms with E-state index in [0.717, 1.165) is 50.0 Å². The number of rotatable bonds is 8. The number of aliphatic imine (C=N–C) groups is 1. The number of nitrogens with zero attached hydrogens (tertiary/aromatic N) is 3. The minimum absolute atomic E-state index is 0. The summed E-state index contributed by atoms with van der Waals surface area (Å²) in [6, 6.07) is 10.3. The van der Waals surface area contributed by atoms with E-state index in [1.165, 1.54) is 10.4 Å². The van der Waals surface area contributed by atoms with E-state index in [0.29, 0.717) is 12.3 Å². The molecule has 0 radical (unpaired) electrons. The molecular formula is C21H30IN5OS. The molecule has 2 aromatic rings. The average Bonchev–Trinajstić information content (AvgIpc) is 3.28. The number of amides is 1. The highest BCUT2D eigenvalue weighted by Crippen LogP contribution is 2.17. The van der Waals surface area contributed by atoms with Crippen molar-refractivity contribution in [1.82, 2.24) is 20.5 Å². The van der Waals surface area contributed by atoms with E-state index in [1.54, 1.807) is 18.4 Å². The van der Waals surface area contributed by atoms with Crippen LogP contribution in [0.5, 0.6) is 0 Å². The number of carbonyl (C=O) groups excluding carboxylic acids is 1. The van der Waals surface area contributed by atoms with Gasteiger partial charge in [0, 0.05) is 63.1 Å². The Morgan fingerprint density at radius 3 is 2.76 bits per heavy atom. The Hall–Kier alpha value is -1.68. The molecular weight excluding hydrogens is 497 g/mol. The smallest absolute Gasteiger partial charge is 0.223 e. The van der Waals surface area contributed by atoms with Crippen molar-refractivity contribution in [3.05, 3.63) is 52.0 Å². The van der Waals surface area contributed by atoms with Crippen molar-refractivity contribution in [2.75, 3.05) is 33.2 Å². The zero-order valence-corrected chi connectivity index (χ0v) is 20.2. The van der Waals surface area contributed by atoms with Gasteiger partial charge in [0.05, 0.1) is 5.01 Å². The van der Waals surface area contributed by atoms with Crippen LogP contribution in [0.25, 0.3) is 0 Å². The molecule has 6 nitrogen and oxygen atoms in total. The molecule has 1 aliphatic rings. The molecule has 29 heavy (non-hydrogen) atoms. The lowest BCUT2D eigenvalue weighted by Gasteiger charge is -2.18. The number of hydrogen-bond acceptors (Lipinski definition) is 4. The third-order valence-corrected chi connectivity index (χ3v) is 5.86. The van der Waals surface area contributed by atoms with Crippen LogP contribution in [0.2, 0.25) is 0 Å². The number of aryl methyl sites for hydroxylation is 1. The van der Waals surface area contributed by atoms with E-state index < -0.39 is 0 Å². The molecule has 2 N–H and O–H groups in total. The number of nitrogens with one attached hydrogen (secondary N) is 2. The molecule has 158 valence electrons. The molecule has 2 heterocycles.